The molecule has 70 valence electrons. The van der Waals surface area contributed by atoms with E-state index < -0.39 is 0 Å². The van der Waals surface area contributed by atoms with Gasteiger partial charge in [-0.3, -0.25) is 4.79 Å². The summed E-state index contributed by atoms with van der Waals surface area (Å²) >= 11 is 0. The van der Waals surface area contributed by atoms with Crippen LogP contribution in [0.4, 0.5) is 0 Å². The van der Waals surface area contributed by atoms with E-state index in [1.165, 1.54) is 0 Å². The molecule has 1 unspecified atom stereocenters. The lowest BCUT2D eigenvalue weighted by Crippen LogP contribution is -2.38. The third-order valence-electron chi connectivity index (χ3n) is 1.71. The van der Waals surface area contributed by atoms with Crippen LogP contribution in [0.15, 0.2) is 0 Å². The summed E-state index contributed by atoms with van der Waals surface area (Å²) < 4.78 is 9.88. The lowest BCUT2D eigenvalue weighted by Gasteiger charge is -2.25. The highest BCUT2D eigenvalue weighted by atomic mass is 16.6. The highest BCUT2D eigenvalue weighted by molar-refractivity contribution is 5.69. The summed E-state index contributed by atoms with van der Waals surface area (Å²) in [6.45, 7) is 2.97. The van der Waals surface area contributed by atoms with E-state index in [9.17, 15) is 4.79 Å². The van der Waals surface area contributed by atoms with E-state index in [1.54, 1.807) is 0 Å². The minimum atomic E-state index is -0.166. The van der Waals surface area contributed by atoms with E-state index >= 15 is 0 Å². The number of ether oxygens (including phenoxy) is 2. The molecule has 1 aliphatic heterocycles. The summed E-state index contributed by atoms with van der Waals surface area (Å²) in [7, 11) is 0. The Kier molecular flexibility index (Phi) is 3.49. The van der Waals surface area contributed by atoms with E-state index in [-0.39, 0.29) is 18.1 Å². The Morgan fingerprint density at radius 1 is 1.75 bits per heavy atom. The highest BCUT2D eigenvalue weighted by Crippen LogP contribution is 2.07. The molecule has 1 saturated heterocycles. The van der Waals surface area contributed by atoms with E-state index in [0.29, 0.717) is 26.1 Å². The summed E-state index contributed by atoms with van der Waals surface area (Å²) in [5.41, 5.74) is 5.49. The van der Waals surface area contributed by atoms with Crippen molar-refractivity contribution < 1.29 is 14.3 Å². The van der Waals surface area contributed by atoms with Crippen molar-refractivity contribution in [2.45, 2.75) is 31.9 Å². The van der Waals surface area contributed by atoms with Crippen molar-refractivity contribution in [3.05, 3.63) is 0 Å². The molecule has 0 aromatic heterocycles. The van der Waals surface area contributed by atoms with E-state index in [1.807, 2.05) is 6.92 Å². The molecular weight excluding hydrogens is 158 g/mol. The second kappa shape index (κ2) is 4.42. The maximum Gasteiger partial charge on any atom is 0.306 e. The first-order valence-corrected chi connectivity index (χ1v) is 4.21. The normalized spacial score (nSPS) is 19.8. The fourth-order valence-electron chi connectivity index (χ4n) is 0.872. The Labute approximate surface area is 72.0 Å². The first-order chi connectivity index (χ1) is 5.68. The average molecular weight is 173 g/mol. The van der Waals surface area contributed by atoms with Gasteiger partial charge in [0, 0.05) is 12.5 Å². The van der Waals surface area contributed by atoms with Crippen LogP contribution in [-0.4, -0.2) is 31.3 Å². The lowest BCUT2D eigenvalue weighted by molar-refractivity contribution is -0.172. The molecular formula is C8H15NO3. The molecule has 0 bridgehead atoms. The zero-order valence-corrected chi connectivity index (χ0v) is 7.29. The second-order valence-electron chi connectivity index (χ2n) is 3.17. The van der Waals surface area contributed by atoms with Crippen molar-refractivity contribution in [3.63, 3.8) is 0 Å². The van der Waals surface area contributed by atoms with Crippen LogP contribution in [0.3, 0.4) is 0 Å². The van der Waals surface area contributed by atoms with Crippen molar-refractivity contribution in [2.75, 3.05) is 13.2 Å². The smallest absolute Gasteiger partial charge is 0.306 e. The second-order valence-corrected chi connectivity index (χ2v) is 3.17. The lowest BCUT2D eigenvalue weighted by atomic mass is 10.2. The SMILES string of the molecule is CC(N)CCC(=O)OC1COC1. The third-order valence-corrected chi connectivity index (χ3v) is 1.71. The van der Waals surface area contributed by atoms with Crippen LogP contribution in [0, 0.1) is 0 Å². The summed E-state index contributed by atoms with van der Waals surface area (Å²) in [5, 5.41) is 0. The highest BCUT2D eigenvalue weighted by Gasteiger charge is 2.22. The largest absolute Gasteiger partial charge is 0.457 e. The fourth-order valence-corrected chi connectivity index (χ4v) is 0.872. The Morgan fingerprint density at radius 2 is 2.42 bits per heavy atom. The number of esters is 1. The number of rotatable bonds is 4. The number of carbonyl (C=O) groups is 1. The van der Waals surface area contributed by atoms with Crippen LogP contribution < -0.4 is 5.73 Å². The zero-order chi connectivity index (χ0) is 8.97. The molecule has 4 nitrogen and oxygen atoms in total. The van der Waals surface area contributed by atoms with E-state index in [4.69, 9.17) is 15.2 Å². The number of carbonyl (C=O) groups excluding carboxylic acids is 1. The van der Waals surface area contributed by atoms with Gasteiger partial charge in [-0.25, -0.2) is 0 Å². The van der Waals surface area contributed by atoms with Gasteiger partial charge in [-0.05, 0) is 13.3 Å². The minimum absolute atomic E-state index is 0.00872. The van der Waals surface area contributed by atoms with Crippen molar-refractivity contribution in [2.24, 2.45) is 5.73 Å². The molecule has 12 heavy (non-hydrogen) atoms. The first-order valence-electron chi connectivity index (χ1n) is 4.21. The quantitative estimate of drug-likeness (QED) is 0.610. The third kappa shape index (κ3) is 3.19. The number of nitrogens with two attached hydrogens (primary N) is 1. The Hall–Kier alpha value is -0.610. The molecule has 1 aliphatic rings. The van der Waals surface area contributed by atoms with Crippen molar-refractivity contribution in [1.29, 1.82) is 0 Å². The van der Waals surface area contributed by atoms with Gasteiger partial charge in [-0.15, -0.1) is 0 Å². The van der Waals surface area contributed by atoms with Gasteiger partial charge in [0.05, 0.1) is 13.2 Å². The Morgan fingerprint density at radius 3 is 2.83 bits per heavy atom. The molecule has 0 aromatic carbocycles. The van der Waals surface area contributed by atoms with Crippen LogP contribution >= 0.6 is 0 Å². The summed E-state index contributed by atoms with van der Waals surface area (Å²) in [5.74, 6) is -0.166. The molecule has 0 aromatic rings. The Bertz CT molecular complexity index is 154. The molecule has 4 heteroatoms. The van der Waals surface area contributed by atoms with Crippen LogP contribution in [0.1, 0.15) is 19.8 Å². The van der Waals surface area contributed by atoms with Gasteiger partial charge in [0.2, 0.25) is 0 Å². The van der Waals surface area contributed by atoms with Crippen LogP contribution in [0.2, 0.25) is 0 Å². The molecule has 1 heterocycles. The summed E-state index contributed by atoms with van der Waals surface area (Å²) in [4.78, 5) is 11.0. The van der Waals surface area contributed by atoms with Crippen molar-refractivity contribution in [3.8, 4) is 0 Å². The molecule has 0 amide bonds. The monoisotopic (exact) mass is 173 g/mol. The fraction of sp³-hybridized carbons (Fsp3) is 0.875. The van der Waals surface area contributed by atoms with Gasteiger partial charge in [-0.2, -0.15) is 0 Å². The maximum atomic E-state index is 11.0. The van der Waals surface area contributed by atoms with E-state index in [0.717, 1.165) is 0 Å². The molecule has 2 N–H and O–H groups in total. The average Bonchev–Trinajstić information content (AvgIpc) is 1.93. The number of hydrogen-bond acceptors (Lipinski definition) is 4. The zero-order valence-electron chi connectivity index (χ0n) is 7.29. The number of hydrogen-bond donors (Lipinski definition) is 1. The molecule has 0 radical (unpaired) electrons. The van der Waals surface area contributed by atoms with Crippen molar-refractivity contribution >= 4 is 5.97 Å². The molecule has 1 fully saturated rings. The topological polar surface area (TPSA) is 61.6 Å². The van der Waals surface area contributed by atoms with Gasteiger partial charge >= 0.3 is 5.97 Å². The van der Waals surface area contributed by atoms with Crippen LogP contribution in [-0.2, 0) is 14.3 Å². The minimum Gasteiger partial charge on any atom is -0.457 e. The molecule has 1 atom stereocenters. The van der Waals surface area contributed by atoms with E-state index in [2.05, 4.69) is 0 Å². The van der Waals surface area contributed by atoms with Gasteiger partial charge in [0.25, 0.3) is 0 Å². The molecule has 0 saturated carbocycles. The predicted octanol–water partition coefficient (Wildman–Crippen LogP) is 0.0558. The molecule has 0 aliphatic carbocycles. The molecule has 1 rings (SSSR count). The van der Waals surface area contributed by atoms with Crippen molar-refractivity contribution in [1.82, 2.24) is 0 Å². The Balaban J connectivity index is 2.03. The predicted molar refractivity (Wildman–Crippen MR) is 43.6 cm³/mol. The summed E-state index contributed by atoms with van der Waals surface area (Å²) in [6, 6.07) is 0.0650. The van der Waals surface area contributed by atoms with Gasteiger partial charge in [0.1, 0.15) is 6.10 Å². The standard InChI is InChI=1S/C8H15NO3/c1-6(9)2-3-8(10)12-7-4-11-5-7/h6-7H,2-5,9H2,1H3. The molecule has 0 spiro atoms. The first kappa shape index (κ1) is 9.48. The summed E-state index contributed by atoms with van der Waals surface area (Å²) in [6.07, 6.45) is 1.09. The van der Waals surface area contributed by atoms with Gasteiger partial charge in [0.15, 0.2) is 0 Å². The van der Waals surface area contributed by atoms with Gasteiger partial charge in [-0.1, -0.05) is 0 Å². The van der Waals surface area contributed by atoms with Crippen LogP contribution in [0.5, 0.6) is 0 Å². The van der Waals surface area contributed by atoms with Gasteiger partial charge < -0.3 is 15.2 Å². The van der Waals surface area contributed by atoms with Crippen LogP contribution in [0.25, 0.3) is 0 Å². The maximum absolute atomic E-state index is 11.0.